The number of nitrogens with two attached hydrogens (primary N) is 1. The van der Waals surface area contributed by atoms with Crippen LogP contribution < -0.4 is 5.73 Å². The molecule has 0 radical (unpaired) electrons. The Bertz CT molecular complexity index is 1560. The second-order valence-electron chi connectivity index (χ2n) is 10.2. The molecule has 0 aliphatic carbocycles. The van der Waals surface area contributed by atoms with Crippen LogP contribution in [0.2, 0.25) is 0 Å². The zero-order valence-electron chi connectivity index (χ0n) is 21.9. The molecule has 2 N–H and O–H groups in total. The molecule has 2 aromatic carbocycles. The first-order chi connectivity index (χ1) is 17.8. The Labute approximate surface area is 217 Å². The number of Topliss-reactive ketones (excluding diaryl/α,β-unsaturated/α-hetero) is 1. The molecule has 7 heteroatoms. The molecule has 4 aromatic rings. The molecule has 188 valence electrons. The van der Waals surface area contributed by atoms with Crippen LogP contribution in [-0.2, 0) is 13.0 Å². The number of carbonyl (C=O) groups excluding carboxylic acids is 1. The van der Waals surface area contributed by atoms with Gasteiger partial charge in [-0.05, 0) is 87.0 Å². The third kappa shape index (κ3) is 5.25. The molecule has 0 saturated carbocycles. The molecule has 1 unspecified atom stereocenters. The van der Waals surface area contributed by atoms with E-state index in [2.05, 4.69) is 33.8 Å². The van der Waals surface area contributed by atoms with Crippen LogP contribution in [-0.4, -0.2) is 50.6 Å². The molecule has 1 saturated heterocycles. The lowest BCUT2D eigenvalue weighted by molar-refractivity contribution is 0.0993. The van der Waals surface area contributed by atoms with E-state index in [-0.39, 0.29) is 5.78 Å². The van der Waals surface area contributed by atoms with Crippen molar-refractivity contribution in [3.63, 3.8) is 0 Å². The van der Waals surface area contributed by atoms with E-state index in [1.165, 1.54) is 11.9 Å². The minimum atomic E-state index is 0.0954. The molecule has 7 nitrogen and oxygen atoms in total. The molecule has 2 aromatic heterocycles. The molecule has 37 heavy (non-hydrogen) atoms. The number of aromatic nitrogens is 4. The first-order valence-corrected chi connectivity index (χ1v) is 12.7. The van der Waals surface area contributed by atoms with Crippen LogP contribution in [0.1, 0.15) is 50.3 Å². The van der Waals surface area contributed by atoms with Crippen molar-refractivity contribution in [2.45, 2.75) is 40.2 Å². The van der Waals surface area contributed by atoms with Gasteiger partial charge in [0.05, 0.1) is 5.39 Å². The molecular formula is C30H32N6O. The Balaban J connectivity index is 1.43. The van der Waals surface area contributed by atoms with Crippen molar-refractivity contribution in [1.82, 2.24) is 24.6 Å². The molecule has 0 amide bonds. The summed E-state index contributed by atoms with van der Waals surface area (Å²) in [4.78, 5) is 23.9. The van der Waals surface area contributed by atoms with Gasteiger partial charge < -0.3 is 10.6 Å². The maximum absolute atomic E-state index is 12.9. The number of rotatable bonds is 5. The Hall–Kier alpha value is -4.02. The number of ketones is 1. The van der Waals surface area contributed by atoms with Crippen molar-refractivity contribution < 1.29 is 4.79 Å². The number of benzene rings is 2. The maximum Gasteiger partial charge on any atom is 0.167 e. The number of anilines is 1. The van der Waals surface area contributed by atoms with E-state index in [1.54, 1.807) is 0 Å². The molecule has 0 bridgehead atoms. The topological polar surface area (TPSA) is 89.9 Å². The highest BCUT2D eigenvalue weighted by atomic mass is 16.1. The molecule has 0 spiro atoms. The Kier molecular flexibility index (Phi) is 6.77. The standard InChI is InChI=1S/C30H32N6O/c1-19-6-8-25(13-21(19)3)27(37)15-22-7-5-20(2)24(14-22)9-10-26-28-29(31)32-18-33-30(28)36(34-26)17-23-11-12-35(4)16-23/h5-8,13-14,18,23H,11-12,15-17H2,1-4H3,(H2,31,32,33). The molecule has 5 rings (SSSR count). The zero-order chi connectivity index (χ0) is 26.1. The van der Waals surface area contributed by atoms with Gasteiger partial charge >= 0.3 is 0 Å². The smallest absolute Gasteiger partial charge is 0.167 e. The van der Waals surface area contributed by atoms with Gasteiger partial charge in [-0.15, -0.1) is 0 Å². The summed E-state index contributed by atoms with van der Waals surface area (Å²) in [7, 11) is 2.14. The summed E-state index contributed by atoms with van der Waals surface area (Å²) in [5, 5.41) is 5.49. The van der Waals surface area contributed by atoms with Crippen LogP contribution in [0.4, 0.5) is 5.82 Å². The normalized spacial score (nSPS) is 15.6. The van der Waals surface area contributed by atoms with Gasteiger partial charge in [-0.1, -0.05) is 30.2 Å². The SMILES string of the molecule is Cc1ccc(C(=O)Cc2ccc(C)c(C#Cc3nn(CC4CCN(C)C4)c4ncnc(N)c34)c2)cc1C. The number of nitrogens with zero attached hydrogens (tertiary/aromatic N) is 5. The molecule has 3 heterocycles. The van der Waals surface area contributed by atoms with E-state index in [9.17, 15) is 4.79 Å². The highest BCUT2D eigenvalue weighted by Crippen LogP contribution is 2.24. The third-order valence-corrected chi connectivity index (χ3v) is 7.29. The van der Waals surface area contributed by atoms with E-state index in [4.69, 9.17) is 10.8 Å². The van der Waals surface area contributed by atoms with Gasteiger partial charge in [0.15, 0.2) is 11.4 Å². The van der Waals surface area contributed by atoms with Crippen LogP contribution >= 0.6 is 0 Å². The minimum absolute atomic E-state index is 0.0954. The fourth-order valence-corrected chi connectivity index (χ4v) is 4.91. The minimum Gasteiger partial charge on any atom is -0.383 e. The van der Waals surface area contributed by atoms with Crippen molar-refractivity contribution in [2.24, 2.45) is 5.92 Å². The number of hydrogen-bond donors (Lipinski definition) is 1. The average molecular weight is 493 g/mol. The number of fused-ring (bicyclic) bond motifs is 1. The van der Waals surface area contributed by atoms with Gasteiger partial charge in [0.25, 0.3) is 0 Å². The summed E-state index contributed by atoms with van der Waals surface area (Å²) in [5.74, 6) is 7.50. The number of nitrogen functional groups attached to an aromatic ring is 1. The number of aryl methyl sites for hydroxylation is 3. The molecule has 1 aliphatic heterocycles. The Morgan fingerprint density at radius 2 is 1.86 bits per heavy atom. The van der Waals surface area contributed by atoms with Crippen molar-refractivity contribution >= 4 is 22.6 Å². The first kappa shape index (κ1) is 24.7. The third-order valence-electron chi connectivity index (χ3n) is 7.29. The van der Waals surface area contributed by atoms with Gasteiger partial charge in [-0.25, -0.2) is 14.6 Å². The number of carbonyl (C=O) groups is 1. The van der Waals surface area contributed by atoms with Crippen LogP contribution in [0, 0.1) is 38.5 Å². The van der Waals surface area contributed by atoms with Crippen molar-refractivity contribution in [3.05, 3.63) is 81.8 Å². The Morgan fingerprint density at radius 3 is 2.62 bits per heavy atom. The lowest BCUT2D eigenvalue weighted by Gasteiger charge is -2.10. The lowest BCUT2D eigenvalue weighted by atomic mass is 9.97. The van der Waals surface area contributed by atoms with E-state index in [0.717, 1.165) is 59.5 Å². The monoisotopic (exact) mass is 492 g/mol. The highest BCUT2D eigenvalue weighted by Gasteiger charge is 2.23. The van der Waals surface area contributed by atoms with Gasteiger partial charge in [0, 0.05) is 30.6 Å². The van der Waals surface area contributed by atoms with Crippen LogP contribution in [0.25, 0.3) is 11.0 Å². The molecule has 1 fully saturated rings. The first-order valence-electron chi connectivity index (χ1n) is 12.7. The molecule has 1 aliphatic rings. The van der Waals surface area contributed by atoms with E-state index in [0.29, 0.717) is 29.2 Å². The van der Waals surface area contributed by atoms with Gasteiger partial charge in [-0.3, -0.25) is 4.79 Å². The van der Waals surface area contributed by atoms with Gasteiger partial charge in [0.2, 0.25) is 0 Å². The van der Waals surface area contributed by atoms with Crippen LogP contribution in [0.3, 0.4) is 0 Å². The summed E-state index contributed by atoms with van der Waals surface area (Å²) in [6.07, 6.45) is 2.94. The second kappa shape index (κ2) is 10.2. The van der Waals surface area contributed by atoms with Crippen LogP contribution in [0.15, 0.2) is 42.7 Å². The van der Waals surface area contributed by atoms with E-state index < -0.39 is 0 Å². The number of likely N-dealkylation sites (tertiary alicyclic amines) is 1. The summed E-state index contributed by atoms with van der Waals surface area (Å²) >= 11 is 0. The quantitative estimate of drug-likeness (QED) is 0.333. The van der Waals surface area contributed by atoms with Crippen molar-refractivity contribution in [1.29, 1.82) is 0 Å². The van der Waals surface area contributed by atoms with E-state index >= 15 is 0 Å². The summed E-state index contributed by atoms with van der Waals surface area (Å²) in [5.41, 5.74) is 13.4. The predicted molar refractivity (Wildman–Crippen MR) is 146 cm³/mol. The lowest BCUT2D eigenvalue weighted by Crippen LogP contribution is -2.17. The van der Waals surface area contributed by atoms with Gasteiger partial charge in [0.1, 0.15) is 17.8 Å². The summed E-state index contributed by atoms with van der Waals surface area (Å²) < 4.78 is 1.92. The molecule has 1 atom stereocenters. The predicted octanol–water partition coefficient (Wildman–Crippen LogP) is 4.11. The van der Waals surface area contributed by atoms with Gasteiger partial charge in [-0.2, -0.15) is 5.10 Å². The summed E-state index contributed by atoms with van der Waals surface area (Å²) in [6, 6.07) is 11.9. The number of hydrogen-bond acceptors (Lipinski definition) is 6. The maximum atomic E-state index is 12.9. The Morgan fingerprint density at radius 1 is 1.05 bits per heavy atom. The molecular weight excluding hydrogens is 460 g/mol. The van der Waals surface area contributed by atoms with Crippen molar-refractivity contribution in [2.75, 3.05) is 25.9 Å². The fraction of sp³-hybridized carbons (Fsp3) is 0.333. The second-order valence-corrected chi connectivity index (χ2v) is 10.2. The zero-order valence-corrected chi connectivity index (χ0v) is 21.9. The largest absolute Gasteiger partial charge is 0.383 e. The average Bonchev–Trinajstić information content (AvgIpc) is 3.44. The van der Waals surface area contributed by atoms with E-state index in [1.807, 2.05) is 61.9 Å². The van der Waals surface area contributed by atoms with Crippen molar-refractivity contribution in [3.8, 4) is 11.8 Å². The highest BCUT2D eigenvalue weighted by molar-refractivity contribution is 5.97. The van der Waals surface area contributed by atoms with Crippen LogP contribution in [0.5, 0.6) is 0 Å². The fourth-order valence-electron chi connectivity index (χ4n) is 4.91. The summed E-state index contributed by atoms with van der Waals surface area (Å²) in [6.45, 7) is 9.00.